The SMILES string of the molecule is CC(=O)[C@H]1CC[C@H]2[C@@H]3CC(C)C4CC(O)CC[C@]4(C)[C@H]3C(O)C[C@]12C. The Morgan fingerprint density at radius 2 is 1.72 bits per heavy atom. The van der Waals surface area contributed by atoms with Gasteiger partial charge in [0.1, 0.15) is 5.78 Å². The maximum atomic E-state index is 12.3. The zero-order valence-electron chi connectivity index (χ0n) is 16.4. The van der Waals surface area contributed by atoms with Gasteiger partial charge in [-0.15, -0.1) is 0 Å². The number of aliphatic hydroxyl groups excluding tert-OH is 2. The molecule has 4 aliphatic rings. The summed E-state index contributed by atoms with van der Waals surface area (Å²) in [4.78, 5) is 12.3. The van der Waals surface area contributed by atoms with Crippen molar-refractivity contribution in [1.29, 1.82) is 0 Å². The largest absolute Gasteiger partial charge is 0.393 e. The van der Waals surface area contributed by atoms with E-state index >= 15 is 0 Å². The van der Waals surface area contributed by atoms with Crippen molar-refractivity contribution in [2.24, 2.45) is 46.3 Å². The summed E-state index contributed by atoms with van der Waals surface area (Å²) >= 11 is 0. The lowest BCUT2D eigenvalue weighted by molar-refractivity contribution is -0.192. The Hall–Kier alpha value is -0.410. The first-order valence-electron chi connectivity index (χ1n) is 10.5. The summed E-state index contributed by atoms with van der Waals surface area (Å²) in [6, 6.07) is 0. The van der Waals surface area contributed by atoms with Gasteiger partial charge in [0.15, 0.2) is 0 Å². The zero-order valence-corrected chi connectivity index (χ0v) is 16.4. The van der Waals surface area contributed by atoms with Gasteiger partial charge in [-0.3, -0.25) is 4.79 Å². The van der Waals surface area contributed by atoms with Crippen LogP contribution in [0, 0.1) is 46.3 Å². The lowest BCUT2D eigenvalue weighted by Gasteiger charge is -2.64. The number of carbonyl (C=O) groups is 1. The highest BCUT2D eigenvalue weighted by Gasteiger charge is 2.64. The fourth-order valence-electron chi connectivity index (χ4n) is 8.51. The molecule has 4 aliphatic carbocycles. The van der Waals surface area contributed by atoms with Gasteiger partial charge in [0, 0.05) is 5.92 Å². The highest BCUT2D eigenvalue weighted by Crippen LogP contribution is 2.68. The molecule has 142 valence electrons. The first kappa shape index (κ1) is 18.0. The Balaban J connectivity index is 1.71. The molecular formula is C22H36O3. The molecule has 10 atom stereocenters. The number of hydrogen-bond donors (Lipinski definition) is 2. The van der Waals surface area contributed by atoms with Crippen LogP contribution in [0.4, 0.5) is 0 Å². The van der Waals surface area contributed by atoms with Crippen LogP contribution in [-0.4, -0.2) is 28.2 Å². The van der Waals surface area contributed by atoms with E-state index in [2.05, 4.69) is 20.8 Å². The predicted octanol–water partition coefficient (Wildman–Crippen LogP) is 3.81. The van der Waals surface area contributed by atoms with E-state index in [1.807, 2.05) is 0 Å². The molecule has 0 bridgehead atoms. The average Bonchev–Trinajstić information content (AvgIpc) is 2.85. The molecule has 0 aromatic heterocycles. The normalized spacial score (nSPS) is 58.2. The molecule has 25 heavy (non-hydrogen) atoms. The number of ketones is 1. The van der Waals surface area contributed by atoms with Gasteiger partial charge in [-0.05, 0) is 92.3 Å². The van der Waals surface area contributed by atoms with Crippen molar-refractivity contribution < 1.29 is 15.0 Å². The summed E-state index contributed by atoms with van der Waals surface area (Å²) in [5.41, 5.74) is 0.139. The molecule has 0 aliphatic heterocycles. The van der Waals surface area contributed by atoms with Gasteiger partial charge in [-0.1, -0.05) is 20.8 Å². The van der Waals surface area contributed by atoms with E-state index in [1.165, 1.54) is 6.42 Å². The standard InChI is InChI=1S/C22H36O3/c1-12-9-15-17-6-5-16(13(2)23)22(17,4)11-19(25)20(15)21(3)8-7-14(24)10-18(12)21/h12,14-20,24-25H,5-11H2,1-4H3/t12?,14?,15-,16+,17-,18?,19?,20+,21-,22+/m0/s1. The third-order valence-electron chi connectivity index (χ3n) is 9.42. The van der Waals surface area contributed by atoms with Crippen LogP contribution in [0.5, 0.6) is 0 Å². The van der Waals surface area contributed by atoms with Crippen LogP contribution in [0.2, 0.25) is 0 Å². The lowest BCUT2D eigenvalue weighted by Crippen LogP contribution is -2.61. The number of Topliss-reactive ketones (excluding diaryl/α,β-unsaturated/α-hetero) is 1. The summed E-state index contributed by atoms with van der Waals surface area (Å²) in [5, 5.41) is 21.5. The van der Waals surface area contributed by atoms with Crippen LogP contribution in [-0.2, 0) is 4.79 Å². The van der Waals surface area contributed by atoms with Crippen LogP contribution in [0.3, 0.4) is 0 Å². The van der Waals surface area contributed by atoms with E-state index in [0.29, 0.717) is 35.4 Å². The Labute approximate surface area is 152 Å². The zero-order chi connectivity index (χ0) is 18.1. The van der Waals surface area contributed by atoms with Crippen LogP contribution in [0.1, 0.15) is 72.6 Å². The minimum atomic E-state index is -0.290. The molecule has 0 spiro atoms. The second-order valence-electron chi connectivity index (χ2n) is 10.6. The summed E-state index contributed by atoms with van der Waals surface area (Å²) < 4.78 is 0. The highest BCUT2D eigenvalue weighted by atomic mass is 16.3. The minimum Gasteiger partial charge on any atom is -0.393 e. The minimum absolute atomic E-state index is 0.0104. The van der Waals surface area contributed by atoms with Crippen molar-refractivity contribution >= 4 is 5.78 Å². The molecule has 0 amide bonds. The van der Waals surface area contributed by atoms with Crippen molar-refractivity contribution in [3.05, 3.63) is 0 Å². The molecular weight excluding hydrogens is 312 g/mol. The first-order chi connectivity index (χ1) is 11.7. The topological polar surface area (TPSA) is 57.5 Å². The van der Waals surface area contributed by atoms with E-state index in [1.54, 1.807) is 6.92 Å². The van der Waals surface area contributed by atoms with Crippen LogP contribution in [0.25, 0.3) is 0 Å². The molecule has 2 N–H and O–H groups in total. The molecule has 4 unspecified atom stereocenters. The van der Waals surface area contributed by atoms with Gasteiger partial charge >= 0.3 is 0 Å². The Bertz CT molecular complexity index is 559. The van der Waals surface area contributed by atoms with Gasteiger partial charge in [0.05, 0.1) is 12.2 Å². The number of aliphatic hydroxyl groups is 2. The summed E-state index contributed by atoms with van der Waals surface area (Å²) in [6.45, 7) is 8.81. The quantitative estimate of drug-likeness (QED) is 0.757. The molecule has 0 aromatic rings. The maximum absolute atomic E-state index is 12.3. The number of carbonyl (C=O) groups excluding carboxylic acids is 1. The van der Waals surface area contributed by atoms with Gasteiger partial charge < -0.3 is 10.2 Å². The first-order valence-corrected chi connectivity index (χ1v) is 10.5. The van der Waals surface area contributed by atoms with Crippen LogP contribution < -0.4 is 0 Å². The predicted molar refractivity (Wildman–Crippen MR) is 97.8 cm³/mol. The summed E-state index contributed by atoms with van der Waals surface area (Å²) in [5.74, 6) is 3.08. The van der Waals surface area contributed by atoms with E-state index in [4.69, 9.17) is 0 Å². The monoisotopic (exact) mass is 348 g/mol. The van der Waals surface area contributed by atoms with Gasteiger partial charge in [0.2, 0.25) is 0 Å². The van der Waals surface area contributed by atoms with Gasteiger partial charge in [-0.2, -0.15) is 0 Å². The molecule has 3 heteroatoms. The molecule has 4 rings (SSSR count). The molecule has 0 aromatic carbocycles. The van der Waals surface area contributed by atoms with Crippen molar-refractivity contribution in [1.82, 2.24) is 0 Å². The number of hydrogen-bond acceptors (Lipinski definition) is 3. The van der Waals surface area contributed by atoms with Crippen molar-refractivity contribution in [2.75, 3.05) is 0 Å². The summed E-state index contributed by atoms with van der Waals surface area (Å²) in [7, 11) is 0. The van der Waals surface area contributed by atoms with E-state index in [0.717, 1.165) is 38.5 Å². The van der Waals surface area contributed by atoms with E-state index in [9.17, 15) is 15.0 Å². The van der Waals surface area contributed by atoms with E-state index in [-0.39, 0.29) is 29.0 Å². The second-order valence-corrected chi connectivity index (χ2v) is 10.6. The highest BCUT2D eigenvalue weighted by molar-refractivity contribution is 5.79. The Kier molecular flexibility index (Phi) is 4.16. The average molecular weight is 349 g/mol. The fourth-order valence-corrected chi connectivity index (χ4v) is 8.51. The molecule has 4 fully saturated rings. The third kappa shape index (κ3) is 2.41. The van der Waals surface area contributed by atoms with Crippen LogP contribution >= 0.6 is 0 Å². The molecule has 0 radical (unpaired) electrons. The second kappa shape index (κ2) is 5.79. The van der Waals surface area contributed by atoms with Crippen molar-refractivity contribution in [3.63, 3.8) is 0 Å². The maximum Gasteiger partial charge on any atom is 0.133 e. The molecule has 4 saturated carbocycles. The van der Waals surface area contributed by atoms with Crippen LogP contribution in [0.15, 0.2) is 0 Å². The smallest absolute Gasteiger partial charge is 0.133 e. The Morgan fingerprint density at radius 1 is 1.00 bits per heavy atom. The number of fused-ring (bicyclic) bond motifs is 5. The molecule has 3 nitrogen and oxygen atoms in total. The Morgan fingerprint density at radius 3 is 2.40 bits per heavy atom. The summed E-state index contributed by atoms with van der Waals surface area (Å²) in [6.07, 6.45) is 6.52. The van der Waals surface area contributed by atoms with Gasteiger partial charge in [-0.25, -0.2) is 0 Å². The number of rotatable bonds is 1. The van der Waals surface area contributed by atoms with E-state index < -0.39 is 0 Å². The molecule has 0 saturated heterocycles. The molecule has 0 heterocycles. The third-order valence-corrected chi connectivity index (χ3v) is 9.42. The van der Waals surface area contributed by atoms with Crippen molar-refractivity contribution in [2.45, 2.75) is 84.8 Å². The fraction of sp³-hybridized carbons (Fsp3) is 0.955. The van der Waals surface area contributed by atoms with Crippen molar-refractivity contribution in [3.8, 4) is 0 Å². The van der Waals surface area contributed by atoms with Gasteiger partial charge in [0.25, 0.3) is 0 Å². The lowest BCUT2D eigenvalue weighted by atomic mass is 9.42.